The molecule has 0 rings (SSSR count). The molecule has 41 heavy (non-hydrogen) atoms. The maximum atomic E-state index is 12.3. The van der Waals surface area contributed by atoms with Gasteiger partial charge in [0.1, 0.15) is 19.3 Å². The van der Waals surface area contributed by atoms with Crippen molar-refractivity contribution in [3.8, 4) is 0 Å². The topological polar surface area (TPSA) is 94.1 Å². The zero-order valence-corrected chi connectivity index (χ0v) is 28.4. The smallest absolute Gasteiger partial charge is 0.306 e. The number of rotatable bonds is 31. The van der Waals surface area contributed by atoms with Gasteiger partial charge in [-0.05, 0) is 12.8 Å². The van der Waals surface area contributed by atoms with E-state index in [1.54, 1.807) is 0 Å². The van der Waals surface area contributed by atoms with Crippen molar-refractivity contribution in [2.75, 3.05) is 54.1 Å². The minimum atomic E-state index is -4.49. The molecule has 0 aliphatic rings. The fraction of sp³-hybridized carbons (Fsp3) is 0.969. The average molecular weight is 608 g/mol. The lowest BCUT2D eigenvalue weighted by Crippen LogP contribution is -2.37. The highest BCUT2D eigenvalue weighted by Crippen LogP contribution is 2.38. The summed E-state index contributed by atoms with van der Waals surface area (Å²) in [6.45, 7) is 5.30. The SMILES string of the molecule is CCCCCCCCCCCCCCCCCOCC(COP(=O)([O-])OCC[N+](C)(C)C)OC(=O)CCCCCC. The van der Waals surface area contributed by atoms with Gasteiger partial charge in [0.2, 0.25) is 0 Å². The zero-order valence-electron chi connectivity index (χ0n) is 27.5. The van der Waals surface area contributed by atoms with E-state index in [0.717, 1.165) is 38.5 Å². The second-order valence-corrected chi connectivity index (χ2v) is 13.9. The summed E-state index contributed by atoms with van der Waals surface area (Å²) in [5.74, 6) is -0.350. The molecule has 0 fully saturated rings. The van der Waals surface area contributed by atoms with Gasteiger partial charge in [0.25, 0.3) is 7.82 Å². The first-order valence-corrected chi connectivity index (χ1v) is 18.2. The third-order valence-electron chi connectivity index (χ3n) is 7.16. The minimum Gasteiger partial charge on any atom is -0.756 e. The largest absolute Gasteiger partial charge is 0.756 e. The summed E-state index contributed by atoms with van der Waals surface area (Å²) in [7, 11) is 1.36. The monoisotopic (exact) mass is 607 g/mol. The second kappa shape index (κ2) is 27.1. The Morgan fingerprint density at radius 1 is 0.659 bits per heavy atom. The van der Waals surface area contributed by atoms with Crippen LogP contribution < -0.4 is 4.89 Å². The van der Waals surface area contributed by atoms with Gasteiger partial charge in [0, 0.05) is 13.0 Å². The molecule has 0 aliphatic carbocycles. The number of carbonyl (C=O) groups is 1. The van der Waals surface area contributed by atoms with Crippen LogP contribution in [0.2, 0.25) is 0 Å². The van der Waals surface area contributed by atoms with Crippen molar-refractivity contribution < 1.29 is 37.3 Å². The van der Waals surface area contributed by atoms with Gasteiger partial charge in [-0.25, -0.2) is 0 Å². The lowest BCUT2D eigenvalue weighted by atomic mass is 10.0. The molecule has 2 atom stereocenters. The van der Waals surface area contributed by atoms with Crippen molar-refractivity contribution in [2.24, 2.45) is 0 Å². The van der Waals surface area contributed by atoms with Gasteiger partial charge >= 0.3 is 5.97 Å². The predicted molar refractivity (Wildman–Crippen MR) is 167 cm³/mol. The second-order valence-electron chi connectivity index (χ2n) is 12.5. The molecule has 0 bridgehead atoms. The van der Waals surface area contributed by atoms with Crippen LogP contribution in [0.1, 0.15) is 142 Å². The molecule has 0 N–H and O–H groups in total. The third kappa shape index (κ3) is 30.8. The molecular formula is C32H66NO7P. The van der Waals surface area contributed by atoms with Gasteiger partial charge in [-0.15, -0.1) is 0 Å². The van der Waals surface area contributed by atoms with Crippen LogP contribution in [0.15, 0.2) is 0 Å². The van der Waals surface area contributed by atoms with Crippen LogP contribution in [0, 0.1) is 0 Å². The molecule has 2 unspecified atom stereocenters. The Balaban J connectivity index is 4.10. The molecule has 0 radical (unpaired) electrons. The highest BCUT2D eigenvalue weighted by Gasteiger charge is 2.20. The van der Waals surface area contributed by atoms with E-state index in [0.29, 0.717) is 24.1 Å². The lowest BCUT2D eigenvalue weighted by Gasteiger charge is -2.28. The first-order valence-electron chi connectivity index (χ1n) is 16.8. The number of phosphoric acid groups is 1. The van der Waals surface area contributed by atoms with Crippen LogP contribution in [0.5, 0.6) is 0 Å². The quantitative estimate of drug-likeness (QED) is 0.0341. The Hall–Kier alpha value is -0.500. The normalized spacial score (nSPS) is 14.2. The van der Waals surface area contributed by atoms with E-state index in [-0.39, 0.29) is 25.8 Å². The minimum absolute atomic E-state index is 0.0296. The number of hydrogen-bond donors (Lipinski definition) is 0. The lowest BCUT2D eigenvalue weighted by molar-refractivity contribution is -0.870. The molecule has 0 saturated heterocycles. The van der Waals surface area contributed by atoms with Gasteiger partial charge in [-0.2, -0.15) is 0 Å². The number of likely N-dealkylation sites (N-methyl/N-ethyl adjacent to an activating group) is 1. The first kappa shape index (κ1) is 40.5. The molecule has 9 heteroatoms. The van der Waals surface area contributed by atoms with Crippen molar-refractivity contribution in [2.45, 2.75) is 148 Å². The Kier molecular flexibility index (Phi) is 26.7. The highest BCUT2D eigenvalue weighted by molar-refractivity contribution is 7.45. The van der Waals surface area contributed by atoms with Crippen LogP contribution in [-0.4, -0.2) is 70.7 Å². The van der Waals surface area contributed by atoms with E-state index >= 15 is 0 Å². The molecule has 0 aliphatic heterocycles. The number of quaternary nitrogens is 1. The highest BCUT2D eigenvalue weighted by atomic mass is 31.2. The summed E-state index contributed by atoms with van der Waals surface area (Å²) in [4.78, 5) is 24.5. The first-order chi connectivity index (χ1) is 19.6. The van der Waals surface area contributed by atoms with Crippen LogP contribution >= 0.6 is 7.82 Å². The van der Waals surface area contributed by atoms with Crippen LogP contribution in [0.25, 0.3) is 0 Å². The van der Waals surface area contributed by atoms with Crippen molar-refractivity contribution in [3.63, 3.8) is 0 Å². The molecule has 8 nitrogen and oxygen atoms in total. The number of ether oxygens (including phenoxy) is 2. The Bertz CT molecular complexity index is 642. The van der Waals surface area contributed by atoms with Crippen molar-refractivity contribution in [3.05, 3.63) is 0 Å². The molecule has 0 aromatic carbocycles. The van der Waals surface area contributed by atoms with E-state index in [4.69, 9.17) is 18.5 Å². The number of nitrogens with zero attached hydrogens (tertiary/aromatic N) is 1. The molecule has 0 aromatic heterocycles. The van der Waals surface area contributed by atoms with Gasteiger partial charge in [-0.3, -0.25) is 9.36 Å². The summed E-state index contributed by atoms with van der Waals surface area (Å²) >= 11 is 0. The fourth-order valence-electron chi connectivity index (χ4n) is 4.49. The summed E-state index contributed by atoms with van der Waals surface area (Å²) < 4.78 is 34.0. The molecule has 0 saturated carbocycles. The molecule has 0 spiro atoms. The van der Waals surface area contributed by atoms with Gasteiger partial charge in [-0.1, -0.05) is 123 Å². The van der Waals surface area contributed by atoms with E-state index in [9.17, 15) is 14.3 Å². The number of hydrogen-bond acceptors (Lipinski definition) is 7. The third-order valence-corrected chi connectivity index (χ3v) is 8.12. The summed E-state index contributed by atoms with van der Waals surface area (Å²) in [6.07, 6.45) is 23.0. The van der Waals surface area contributed by atoms with E-state index in [1.165, 1.54) is 83.5 Å². The van der Waals surface area contributed by atoms with Gasteiger partial charge in [0.05, 0.1) is 34.4 Å². The van der Waals surface area contributed by atoms with Crippen LogP contribution in [0.3, 0.4) is 0 Å². The Morgan fingerprint density at radius 2 is 1.12 bits per heavy atom. The number of esters is 1. The summed E-state index contributed by atoms with van der Waals surface area (Å²) in [5.41, 5.74) is 0. The zero-order chi connectivity index (χ0) is 30.7. The van der Waals surface area contributed by atoms with Crippen molar-refractivity contribution >= 4 is 13.8 Å². The van der Waals surface area contributed by atoms with Crippen LogP contribution in [0.4, 0.5) is 0 Å². The maximum Gasteiger partial charge on any atom is 0.306 e. The maximum absolute atomic E-state index is 12.3. The Labute approximate surface area is 253 Å². The predicted octanol–water partition coefficient (Wildman–Crippen LogP) is 7.96. The Morgan fingerprint density at radius 3 is 1.61 bits per heavy atom. The molecule has 0 amide bonds. The van der Waals surface area contributed by atoms with Crippen molar-refractivity contribution in [1.29, 1.82) is 0 Å². The van der Waals surface area contributed by atoms with Crippen molar-refractivity contribution in [1.82, 2.24) is 0 Å². The van der Waals surface area contributed by atoms with Gasteiger partial charge in [0.15, 0.2) is 0 Å². The summed E-state index contributed by atoms with van der Waals surface area (Å²) in [5, 5.41) is 0. The molecule has 246 valence electrons. The fourth-order valence-corrected chi connectivity index (χ4v) is 5.21. The molecule has 0 aromatic rings. The van der Waals surface area contributed by atoms with E-state index in [2.05, 4.69) is 13.8 Å². The number of unbranched alkanes of at least 4 members (excludes halogenated alkanes) is 17. The average Bonchev–Trinajstić information content (AvgIpc) is 2.90. The standard InChI is InChI=1S/C32H66NO7P/c1-6-8-10-12-13-14-15-16-17-18-19-20-21-22-24-27-37-29-31(40-32(34)25-23-11-9-7-2)30-39-41(35,36)38-28-26-33(3,4)5/h31H,6-30H2,1-5H3. The van der Waals surface area contributed by atoms with Crippen LogP contribution in [-0.2, 0) is 27.9 Å². The number of carbonyl (C=O) groups excluding carboxylic acids is 1. The summed E-state index contributed by atoms with van der Waals surface area (Å²) in [6, 6.07) is 0. The van der Waals surface area contributed by atoms with E-state index in [1.807, 2.05) is 21.1 Å². The molecular weight excluding hydrogens is 541 g/mol. The van der Waals surface area contributed by atoms with E-state index < -0.39 is 13.9 Å². The van der Waals surface area contributed by atoms with Gasteiger partial charge < -0.3 is 27.9 Å². The molecule has 0 heterocycles. The number of phosphoric ester groups is 1.